The lowest BCUT2D eigenvalue weighted by molar-refractivity contribution is 0.322. The van der Waals surface area contributed by atoms with Gasteiger partial charge in [0.25, 0.3) is 0 Å². The Labute approximate surface area is 178 Å². The maximum Gasteiger partial charge on any atom is 0.191 e. The molecule has 0 saturated carbocycles. The van der Waals surface area contributed by atoms with Gasteiger partial charge in [-0.05, 0) is 36.8 Å². The van der Waals surface area contributed by atoms with Crippen LogP contribution in [0.1, 0.15) is 12.5 Å². The van der Waals surface area contributed by atoms with Crippen LogP contribution in [0.4, 0.5) is 0 Å². The van der Waals surface area contributed by atoms with Gasteiger partial charge in [-0.25, -0.2) is 13.4 Å². The summed E-state index contributed by atoms with van der Waals surface area (Å²) in [7, 11) is -3.17. The van der Waals surface area contributed by atoms with E-state index in [1.807, 2.05) is 37.3 Å². The van der Waals surface area contributed by atoms with Crippen molar-refractivity contribution in [1.82, 2.24) is 10.6 Å². The van der Waals surface area contributed by atoms with E-state index in [2.05, 4.69) is 15.6 Å². The first-order chi connectivity index (χ1) is 12.5. The molecule has 27 heavy (non-hydrogen) atoms. The summed E-state index contributed by atoms with van der Waals surface area (Å²) in [5, 5.41) is 6.39. The smallest absolute Gasteiger partial charge is 0.191 e. The zero-order valence-corrected chi connectivity index (χ0v) is 18.7. The van der Waals surface area contributed by atoms with Gasteiger partial charge in [0.2, 0.25) is 0 Å². The Bertz CT molecular complexity index is 810. The number of nitrogens with one attached hydrogen (secondary N) is 2. The summed E-state index contributed by atoms with van der Waals surface area (Å²) in [6, 6.07) is 16.4. The summed E-state index contributed by atoms with van der Waals surface area (Å²) in [6.07, 6.45) is 1.20. The van der Waals surface area contributed by atoms with Crippen LogP contribution in [0.25, 0.3) is 0 Å². The largest absolute Gasteiger partial charge is 0.492 e. The maximum absolute atomic E-state index is 11.5. The number of guanidine groups is 1. The third-order valence-corrected chi connectivity index (χ3v) is 4.65. The van der Waals surface area contributed by atoms with Gasteiger partial charge in [0, 0.05) is 12.8 Å². The number of ether oxygens (including phenoxy) is 1. The SMILES string of the molecule is CCNC(=NCc1ccc(S(C)(=O)=O)cc1)NCCOc1ccccc1.I. The minimum atomic E-state index is -3.17. The highest BCUT2D eigenvalue weighted by Gasteiger charge is 2.06. The zero-order chi connectivity index (χ0) is 18.8. The minimum Gasteiger partial charge on any atom is -0.492 e. The van der Waals surface area contributed by atoms with E-state index in [1.54, 1.807) is 24.3 Å². The topological polar surface area (TPSA) is 79.8 Å². The molecule has 0 unspecified atom stereocenters. The number of hydrogen-bond acceptors (Lipinski definition) is 4. The predicted molar refractivity (Wildman–Crippen MR) is 120 cm³/mol. The molecule has 0 spiro atoms. The zero-order valence-electron chi connectivity index (χ0n) is 15.5. The Hall–Kier alpha value is -1.81. The molecule has 0 amide bonds. The van der Waals surface area contributed by atoms with Crippen LogP contribution in [0.2, 0.25) is 0 Å². The standard InChI is InChI=1S/C19H25N3O3S.HI/c1-3-20-19(21-13-14-25-17-7-5-4-6-8-17)22-15-16-9-11-18(12-10-16)26(2,23)24;/h4-12H,3,13-15H2,1-2H3,(H2,20,21,22);1H. The summed E-state index contributed by atoms with van der Waals surface area (Å²) in [5.41, 5.74) is 0.940. The maximum atomic E-state index is 11.5. The Morgan fingerprint density at radius 2 is 1.70 bits per heavy atom. The number of nitrogens with zero attached hydrogens (tertiary/aromatic N) is 1. The van der Waals surface area contributed by atoms with E-state index in [-0.39, 0.29) is 24.0 Å². The fourth-order valence-corrected chi connectivity index (χ4v) is 2.84. The molecule has 8 heteroatoms. The average molecular weight is 503 g/mol. The molecule has 148 valence electrons. The predicted octanol–water partition coefficient (Wildman–Crippen LogP) is 2.84. The van der Waals surface area contributed by atoms with E-state index >= 15 is 0 Å². The Morgan fingerprint density at radius 1 is 1.04 bits per heavy atom. The number of halogens is 1. The van der Waals surface area contributed by atoms with E-state index in [0.29, 0.717) is 30.6 Å². The molecule has 0 saturated heterocycles. The van der Waals surface area contributed by atoms with Crippen LogP contribution in [-0.2, 0) is 16.4 Å². The molecule has 0 aromatic heterocycles. The van der Waals surface area contributed by atoms with Crippen molar-refractivity contribution >= 4 is 39.8 Å². The summed E-state index contributed by atoms with van der Waals surface area (Å²) >= 11 is 0. The molecule has 2 N–H and O–H groups in total. The molecule has 0 aliphatic heterocycles. The van der Waals surface area contributed by atoms with Crippen molar-refractivity contribution in [3.63, 3.8) is 0 Å². The van der Waals surface area contributed by atoms with Crippen LogP contribution in [0.5, 0.6) is 5.75 Å². The normalized spacial score (nSPS) is 11.4. The molecule has 0 radical (unpaired) electrons. The van der Waals surface area contributed by atoms with Crippen molar-refractivity contribution < 1.29 is 13.2 Å². The van der Waals surface area contributed by atoms with Crippen molar-refractivity contribution in [3.05, 3.63) is 60.2 Å². The summed E-state index contributed by atoms with van der Waals surface area (Å²) in [6.45, 7) is 4.35. The summed E-state index contributed by atoms with van der Waals surface area (Å²) in [4.78, 5) is 4.82. The number of sulfone groups is 1. The lowest BCUT2D eigenvalue weighted by atomic mass is 10.2. The third-order valence-electron chi connectivity index (χ3n) is 3.52. The van der Waals surface area contributed by atoms with Crippen LogP contribution < -0.4 is 15.4 Å². The van der Waals surface area contributed by atoms with Gasteiger partial charge in [-0.1, -0.05) is 30.3 Å². The highest BCUT2D eigenvalue weighted by atomic mass is 127. The fourth-order valence-electron chi connectivity index (χ4n) is 2.21. The van der Waals surface area contributed by atoms with Gasteiger partial charge >= 0.3 is 0 Å². The lowest BCUT2D eigenvalue weighted by Gasteiger charge is -2.12. The second-order valence-corrected chi connectivity index (χ2v) is 7.72. The van der Waals surface area contributed by atoms with E-state index in [4.69, 9.17) is 4.74 Å². The van der Waals surface area contributed by atoms with Crippen molar-refractivity contribution in [1.29, 1.82) is 0 Å². The van der Waals surface area contributed by atoms with Gasteiger partial charge in [0.05, 0.1) is 18.0 Å². The van der Waals surface area contributed by atoms with Gasteiger partial charge in [0.1, 0.15) is 12.4 Å². The van der Waals surface area contributed by atoms with Gasteiger partial charge in [-0.15, -0.1) is 24.0 Å². The Balaban J connectivity index is 0.00000364. The second-order valence-electron chi connectivity index (χ2n) is 5.70. The molecule has 2 rings (SSSR count). The van der Waals surface area contributed by atoms with Crippen LogP contribution in [0.15, 0.2) is 64.5 Å². The first kappa shape index (κ1) is 23.2. The van der Waals surface area contributed by atoms with Crippen molar-refractivity contribution in [3.8, 4) is 5.75 Å². The van der Waals surface area contributed by atoms with Crippen molar-refractivity contribution in [2.24, 2.45) is 4.99 Å². The lowest BCUT2D eigenvalue weighted by Crippen LogP contribution is -2.39. The van der Waals surface area contributed by atoms with E-state index < -0.39 is 9.84 Å². The molecular weight excluding hydrogens is 477 g/mol. The Morgan fingerprint density at radius 3 is 2.30 bits per heavy atom. The molecule has 0 aliphatic carbocycles. The van der Waals surface area contributed by atoms with Crippen LogP contribution in [0.3, 0.4) is 0 Å². The Kier molecular flexibility index (Phi) is 10.2. The van der Waals surface area contributed by atoms with Gasteiger partial charge in [-0.2, -0.15) is 0 Å². The van der Waals surface area contributed by atoms with Gasteiger partial charge in [-0.3, -0.25) is 0 Å². The molecule has 2 aromatic rings. The number of benzene rings is 2. The molecule has 0 aliphatic rings. The van der Waals surface area contributed by atoms with Crippen LogP contribution in [0, 0.1) is 0 Å². The summed E-state index contributed by atoms with van der Waals surface area (Å²) < 4.78 is 28.6. The van der Waals surface area contributed by atoms with E-state index in [0.717, 1.165) is 17.9 Å². The first-order valence-corrected chi connectivity index (χ1v) is 10.4. The fraction of sp³-hybridized carbons (Fsp3) is 0.316. The number of rotatable bonds is 8. The van der Waals surface area contributed by atoms with E-state index in [1.165, 1.54) is 6.26 Å². The highest BCUT2D eigenvalue weighted by Crippen LogP contribution is 2.11. The molecular formula is C19H26IN3O3S. The highest BCUT2D eigenvalue weighted by molar-refractivity contribution is 14.0. The number of para-hydroxylation sites is 1. The number of hydrogen-bond donors (Lipinski definition) is 2. The third kappa shape index (κ3) is 8.61. The quantitative estimate of drug-likeness (QED) is 0.251. The molecule has 2 aromatic carbocycles. The number of aliphatic imine (C=N–C) groups is 1. The molecule has 0 heterocycles. The molecule has 6 nitrogen and oxygen atoms in total. The van der Waals surface area contributed by atoms with Gasteiger partial charge in [0.15, 0.2) is 15.8 Å². The van der Waals surface area contributed by atoms with Crippen LogP contribution in [-0.4, -0.2) is 40.3 Å². The van der Waals surface area contributed by atoms with Gasteiger partial charge < -0.3 is 15.4 Å². The second kappa shape index (κ2) is 11.8. The van der Waals surface area contributed by atoms with E-state index in [9.17, 15) is 8.42 Å². The average Bonchev–Trinajstić information content (AvgIpc) is 2.63. The summed E-state index contributed by atoms with van der Waals surface area (Å²) in [5.74, 6) is 1.53. The first-order valence-electron chi connectivity index (χ1n) is 8.48. The van der Waals surface area contributed by atoms with Crippen molar-refractivity contribution in [2.75, 3.05) is 26.0 Å². The molecule has 0 bridgehead atoms. The van der Waals surface area contributed by atoms with Crippen LogP contribution >= 0.6 is 24.0 Å². The molecule has 0 atom stereocenters. The molecule has 0 fully saturated rings. The van der Waals surface area contributed by atoms with Crippen molar-refractivity contribution in [2.45, 2.75) is 18.4 Å². The minimum absolute atomic E-state index is 0. The monoisotopic (exact) mass is 503 g/mol.